The first-order chi connectivity index (χ1) is 16.0. The summed E-state index contributed by atoms with van der Waals surface area (Å²) in [5, 5.41) is 7.23. The molecule has 5 N–H and O–H groups in total. The molecular weight excluding hydrogens is 445 g/mol. The SMILES string of the molecule is C=C(N)/C=N\C=C(/N)n1cc(C(=O)NCC2(c3ccc(C(F)(F)F)cc3)CCCCC2)c(C)n1. The second-order valence-electron chi connectivity index (χ2n) is 8.58. The fraction of sp³-hybridized carbons (Fsp3) is 0.375. The van der Waals surface area contributed by atoms with Gasteiger partial charge in [-0.05, 0) is 37.5 Å². The molecule has 1 aromatic carbocycles. The zero-order chi connectivity index (χ0) is 24.9. The molecule has 0 bridgehead atoms. The summed E-state index contributed by atoms with van der Waals surface area (Å²) in [4.78, 5) is 16.9. The number of benzene rings is 1. The number of aliphatic imine (C=N–C) groups is 1. The van der Waals surface area contributed by atoms with Crippen molar-refractivity contribution < 1.29 is 18.0 Å². The highest BCUT2D eigenvalue weighted by molar-refractivity contribution is 5.95. The van der Waals surface area contributed by atoms with Gasteiger partial charge in [0.1, 0.15) is 5.82 Å². The topological polar surface area (TPSA) is 111 Å². The van der Waals surface area contributed by atoms with Crippen LogP contribution in [-0.2, 0) is 11.6 Å². The Morgan fingerprint density at radius 2 is 1.88 bits per heavy atom. The van der Waals surface area contributed by atoms with Crippen LogP contribution in [0.2, 0.25) is 0 Å². The molecule has 1 aliphatic rings. The lowest BCUT2D eigenvalue weighted by molar-refractivity contribution is -0.137. The summed E-state index contributed by atoms with van der Waals surface area (Å²) in [6.45, 7) is 5.51. The fourth-order valence-electron chi connectivity index (χ4n) is 4.24. The van der Waals surface area contributed by atoms with Crippen LogP contribution in [0.1, 0.15) is 59.3 Å². The van der Waals surface area contributed by atoms with Crippen LogP contribution in [0, 0.1) is 6.92 Å². The highest BCUT2D eigenvalue weighted by Crippen LogP contribution is 2.40. The number of hydrogen-bond donors (Lipinski definition) is 3. The molecule has 1 fully saturated rings. The second-order valence-corrected chi connectivity index (χ2v) is 8.58. The number of hydrogen-bond acceptors (Lipinski definition) is 5. The highest BCUT2D eigenvalue weighted by atomic mass is 19.4. The van der Waals surface area contributed by atoms with Gasteiger partial charge in [-0.1, -0.05) is 38.0 Å². The summed E-state index contributed by atoms with van der Waals surface area (Å²) in [7, 11) is 0. The number of aryl methyl sites for hydroxylation is 1. The molecule has 1 heterocycles. The van der Waals surface area contributed by atoms with E-state index in [1.165, 1.54) is 35.4 Å². The van der Waals surface area contributed by atoms with E-state index in [-0.39, 0.29) is 17.4 Å². The summed E-state index contributed by atoms with van der Waals surface area (Å²) in [6, 6.07) is 5.29. The molecule has 182 valence electrons. The monoisotopic (exact) mass is 474 g/mol. The summed E-state index contributed by atoms with van der Waals surface area (Å²) >= 11 is 0. The minimum atomic E-state index is -4.38. The quantitative estimate of drug-likeness (QED) is 0.525. The van der Waals surface area contributed by atoms with Crippen molar-refractivity contribution in [2.24, 2.45) is 16.5 Å². The van der Waals surface area contributed by atoms with Crippen molar-refractivity contribution in [1.29, 1.82) is 0 Å². The van der Waals surface area contributed by atoms with E-state index in [2.05, 4.69) is 22.0 Å². The molecule has 1 aromatic heterocycles. The van der Waals surface area contributed by atoms with Crippen LogP contribution in [0.15, 0.2) is 53.9 Å². The number of rotatable bonds is 7. The lowest BCUT2D eigenvalue weighted by Crippen LogP contribution is -2.42. The number of allylic oxidation sites excluding steroid dienone is 1. The Labute approximate surface area is 196 Å². The number of carbonyl (C=O) groups excluding carboxylic acids is 1. The van der Waals surface area contributed by atoms with Crippen LogP contribution >= 0.6 is 0 Å². The molecular formula is C24H29F3N6O. The fourth-order valence-corrected chi connectivity index (χ4v) is 4.24. The lowest BCUT2D eigenvalue weighted by Gasteiger charge is -2.38. The molecule has 0 unspecified atom stereocenters. The van der Waals surface area contributed by atoms with Crippen molar-refractivity contribution in [3.8, 4) is 0 Å². The third-order valence-corrected chi connectivity index (χ3v) is 6.08. The number of alkyl halides is 3. The molecule has 2 aromatic rings. The Morgan fingerprint density at radius 1 is 1.24 bits per heavy atom. The lowest BCUT2D eigenvalue weighted by atomic mass is 9.69. The Bertz CT molecular complexity index is 1090. The third-order valence-electron chi connectivity index (χ3n) is 6.08. The number of halogens is 3. The van der Waals surface area contributed by atoms with Crippen LogP contribution in [0.5, 0.6) is 0 Å². The minimum absolute atomic E-state index is 0.188. The van der Waals surface area contributed by atoms with Gasteiger partial charge in [0.25, 0.3) is 5.91 Å². The van der Waals surface area contributed by atoms with Crippen molar-refractivity contribution in [2.75, 3.05) is 6.54 Å². The zero-order valence-corrected chi connectivity index (χ0v) is 19.0. The number of carbonyl (C=O) groups is 1. The molecule has 34 heavy (non-hydrogen) atoms. The summed E-state index contributed by atoms with van der Waals surface area (Å²) in [5.74, 6) is -0.139. The smallest absolute Gasteiger partial charge is 0.398 e. The van der Waals surface area contributed by atoms with E-state index >= 15 is 0 Å². The van der Waals surface area contributed by atoms with Gasteiger partial charge in [-0.3, -0.25) is 9.79 Å². The van der Waals surface area contributed by atoms with Gasteiger partial charge in [-0.2, -0.15) is 18.3 Å². The number of amides is 1. The molecule has 0 atom stereocenters. The third kappa shape index (κ3) is 5.86. The first-order valence-electron chi connectivity index (χ1n) is 11.0. The molecule has 10 heteroatoms. The molecule has 1 saturated carbocycles. The maximum Gasteiger partial charge on any atom is 0.416 e. The first-order valence-corrected chi connectivity index (χ1v) is 11.0. The molecule has 1 aliphatic carbocycles. The van der Waals surface area contributed by atoms with E-state index in [1.54, 1.807) is 6.92 Å². The Kier molecular flexibility index (Phi) is 7.48. The summed E-state index contributed by atoms with van der Waals surface area (Å²) in [5.41, 5.74) is 12.2. The average molecular weight is 475 g/mol. The van der Waals surface area contributed by atoms with Crippen molar-refractivity contribution in [2.45, 2.75) is 50.6 Å². The van der Waals surface area contributed by atoms with Gasteiger partial charge in [-0.15, -0.1) is 0 Å². The molecule has 0 aliphatic heterocycles. The van der Waals surface area contributed by atoms with Crippen molar-refractivity contribution >= 4 is 17.9 Å². The molecule has 0 spiro atoms. The largest absolute Gasteiger partial charge is 0.416 e. The highest BCUT2D eigenvalue weighted by Gasteiger charge is 2.36. The second kappa shape index (κ2) is 10.1. The van der Waals surface area contributed by atoms with E-state index in [4.69, 9.17) is 11.5 Å². The molecule has 1 amide bonds. The van der Waals surface area contributed by atoms with Gasteiger partial charge < -0.3 is 16.8 Å². The summed E-state index contributed by atoms with van der Waals surface area (Å²) < 4.78 is 40.4. The van der Waals surface area contributed by atoms with Gasteiger partial charge >= 0.3 is 6.18 Å². The van der Waals surface area contributed by atoms with Gasteiger partial charge in [0.05, 0.1) is 23.0 Å². The maximum absolute atomic E-state index is 13.0. The number of nitrogens with one attached hydrogen (secondary N) is 1. The van der Waals surface area contributed by atoms with E-state index in [0.717, 1.165) is 49.8 Å². The van der Waals surface area contributed by atoms with E-state index in [0.29, 0.717) is 17.8 Å². The van der Waals surface area contributed by atoms with Crippen LogP contribution in [0.25, 0.3) is 5.82 Å². The summed E-state index contributed by atoms with van der Waals surface area (Å²) in [6.07, 6.45) is 4.34. The number of nitrogens with two attached hydrogens (primary N) is 2. The predicted molar refractivity (Wildman–Crippen MR) is 126 cm³/mol. The zero-order valence-electron chi connectivity index (χ0n) is 19.0. The Morgan fingerprint density at radius 3 is 2.47 bits per heavy atom. The van der Waals surface area contributed by atoms with Gasteiger partial charge in [0.15, 0.2) is 0 Å². The minimum Gasteiger partial charge on any atom is -0.398 e. The molecule has 0 radical (unpaired) electrons. The van der Waals surface area contributed by atoms with Gasteiger partial charge in [-0.25, -0.2) is 4.68 Å². The van der Waals surface area contributed by atoms with Gasteiger partial charge in [0.2, 0.25) is 0 Å². The van der Waals surface area contributed by atoms with Crippen LogP contribution in [-0.4, -0.2) is 28.4 Å². The average Bonchev–Trinajstić information content (AvgIpc) is 3.19. The predicted octanol–water partition coefficient (Wildman–Crippen LogP) is 4.10. The molecule has 7 nitrogen and oxygen atoms in total. The van der Waals surface area contributed by atoms with Crippen LogP contribution in [0.3, 0.4) is 0 Å². The van der Waals surface area contributed by atoms with Crippen molar-refractivity contribution in [1.82, 2.24) is 15.1 Å². The standard InChI is InChI=1S/C24H29F3N6O/c1-16(28)12-30-13-21(29)33-14-20(17(2)32-33)22(34)31-15-23(10-4-3-5-11-23)18-6-8-19(9-7-18)24(25,26)27/h6-9,12-14H,1,3-5,10-11,15,28-29H2,2H3,(H,31,34)/b21-13+,30-12-. The van der Waals surface area contributed by atoms with Crippen LogP contribution < -0.4 is 16.8 Å². The first kappa shape index (κ1) is 25.1. The van der Waals surface area contributed by atoms with Crippen molar-refractivity contribution in [3.05, 3.63) is 71.3 Å². The molecule has 0 saturated heterocycles. The normalized spacial score (nSPS) is 16.5. The van der Waals surface area contributed by atoms with Crippen LogP contribution in [0.4, 0.5) is 13.2 Å². The van der Waals surface area contributed by atoms with Gasteiger partial charge in [0, 0.05) is 30.1 Å². The Balaban J connectivity index is 1.77. The Hall–Kier alpha value is -3.56. The molecule has 3 rings (SSSR count). The van der Waals surface area contributed by atoms with Crippen molar-refractivity contribution in [3.63, 3.8) is 0 Å². The number of aromatic nitrogens is 2. The maximum atomic E-state index is 13.0. The number of nitrogens with zero attached hydrogens (tertiary/aromatic N) is 3. The van der Waals surface area contributed by atoms with E-state index in [1.807, 2.05) is 0 Å². The van der Waals surface area contributed by atoms with E-state index in [9.17, 15) is 18.0 Å². The van der Waals surface area contributed by atoms with E-state index < -0.39 is 17.2 Å².